The first-order valence-electron chi connectivity index (χ1n) is 12.0. The van der Waals surface area contributed by atoms with E-state index in [4.69, 9.17) is 19.4 Å². The molecular formula is C27H31N5O2S. The molecule has 0 radical (unpaired) electrons. The maximum atomic E-state index is 5.50. The van der Waals surface area contributed by atoms with E-state index in [0.717, 1.165) is 52.6 Å². The zero-order chi connectivity index (χ0) is 24.2. The molecule has 1 aliphatic rings. The van der Waals surface area contributed by atoms with Gasteiger partial charge in [0.15, 0.2) is 11.5 Å². The second kappa shape index (κ2) is 10.6. The molecule has 0 unspecified atom stereocenters. The topological polar surface area (TPSA) is 63.6 Å². The molecule has 0 amide bonds. The highest BCUT2D eigenvalue weighted by molar-refractivity contribution is 7.09. The van der Waals surface area contributed by atoms with Crippen molar-refractivity contribution in [2.75, 3.05) is 32.7 Å². The molecule has 0 spiro atoms. The van der Waals surface area contributed by atoms with E-state index in [1.165, 1.54) is 17.8 Å². The van der Waals surface area contributed by atoms with Gasteiger partial charge in [0.1, 0.15) is 16.6 Å². The molecule has 3 heterocycles. The quantitative estimate of drug-likeness (QED) is 0.325. The lowest BCUT2D eigenvalue weighted by atomic mass is 10.0. The Morgan fingerprint density at radius 3 is 2.71 bits per heavy atom. The Balaban J connectivity index is 1.44. The van der Waals surface area contributed by atoms with Crippen molar-refractivity contribution >= 4 is 28.1 Å². The Morgan fingerprint density at radius 1 is 1.06 bits per heavy atom. The van der Waals surface area contributed by atoms with Gasteiger partial charge >= 0.3 is 0 Å². The molecule has 35 heavy (non-hydrogen) atoms. The van der Waals surface area contributed by atoms with Gasteiger partial charge in [0.2, 0.25) is 0 Å². The fourth-order valence-electron chi connectivity index (χ4n) is 4.84. The minimum absolute atomic E-state index is 0.340. The van der Waals surface area contributed by atoms with E-state index >= 15 is 0 Å². The number of hydrogen-bond acceptors (Lipinski definition) is 8. The number of methoxy groups -OCH3 is 2. The molecule has 0 saturated carbocycles. The molecule has 1 atom stereocenters. The van der Waals surface area contributed by atoms with Crippen molar-refractivity contribution in [1.82, 2.24) is 19.9 Å². The molecule has 0 N–H and O–H groups in total. The fraction of sp³-hybridized carbons (Fsp3) is 0.370. The number of hydrogen-bond donors (Lipinski definition) is 0. The summed E-state index contributed by atoms with van der Waals surface area (Å²) in [6.07, 6.45) is 5.47. The summed E-state index contributed by atoms with van der Waals surface area (Å²) < 4.78 is 10.9. The van der Waals surface area contributed by atoms with Crippen LogP contribution in [0.4, 0.5) is 5.82 Å². The van der Waals surface area contributed by atoms with Crippen molar-refractivity contribution in [3.05, 3.63) is 70.4 Å². The van der Waals surface area contributed by atoms with Gasteiger partial charge in [0, 0.05) is 30.6 Å². The summed E-state index contributed by atoms with van der Waals surface area (Å²) in [5.74, 6) is 3.24. The first-order chi connectivity index (χ1) is 17.2. The lowest BCUT2D eigenvalue weighted by Gasteiger charge is -2.34. The van der Waals surface area contributed by atoms with E-state index in [2.05, 4.69) is 45.4 Å². The lowest BCUT2D eigenvalue weighted by Crippen LogP contribution is -2.33. The van der Waals surface area contributed by atoms with Crippen LogP contribution in [0.25, 0.3) is 10.9 Å². The van der Waals surface area contributed by atoms with Crippen LogP contribution in [0.2, 0.25) is 0 Å². The molecule has 2 aromatic carbocycles. The fourth-order valence-corrected chi connectivity index (χ4v) is 5.64. The Kier molecular flexibility index (Phi) is 7.11. The largest absolute Gasteiger partial charge is 0.493 e. The van der Waals surface area contributed by atoms with E-state index in [-0.39, 0.29) is 0 Å². The smallest absolute Gasteiger partial charge is 0.161 e. The SMILES string of the molecule is COc1ccc(CN(C)c2nc(CN3CCCC[C@@H]3c3nccs3)nc3ccccc23)cc1OC. The van der Waals surface area contributed by atoms with Crippen molar-refractivity contribution in [3.63, 3.8) is 0 Å². The van der Waals surface area contributed by atoms with Crippen LogP contribution in [0.5, 0.6) is 11.5 Å². The van der Waals surface area contributed by atoms with Gasteiger partial charge in [-0.05, 0) is 49.2 Å². The number of thiazole rings is 1. The molecular weight excluding hydrogens is 458 g/mol. The van der Waals surface area contributed by atoms with Crippen LogP contribution in [0.1, 0.15) is 41.7 Å². The Labute approximate surface area is 210 Å². The average Bonchev–Trinajstić information content (AvgIpc) is 3.43. The monoisotopic (exact) mass is 489 g/mol. The van der Waals surface area contributed by atoms with Crippen LogP contribution >= 0.6 is 11.3 Å². The molecule has 2 aromatic heterocycles. The summed E-state index contributed by atoms with van der Waals surface area (Å²) in [5.41, 5.74) is 2.09. The van der Waals surface area contributed by atoms with Crippen LogP contribution in [0.3, 0.4) is 0 Å². The second-order valence-corrected chi connectivity index (χ2v) is 9.80. The number of anilines is 1. The van der Waals surface area contributed by atoms with Crippen LogP contribution in [-0.4, -0.2) is 47.7 Å². The minimum Gasteiger partial charge on any atom is -0.493 e. The Hall–Kier alpha value is -3.23. The maximum Gasteiger partial charge on any atom is 0.161 e. The third-order valence-corrected chi connectivity index (χ3v) is 7.43. The molecule has 1 aliphatic heterocycles. The molecule has 4 aromatic rings. The van der Waals surface area contributed by atoms with E-state index in [9.17, 15) is 0 Å². The standard InChI is InChI=1S/C27H31N5O2S/c1-31(17-19-11-12-23(33-2)24(16-19)34-3)26-20-8-4-5-9-21(20)29-25(30-26)18-32-14-7-6-10-22(32)27-28-13-15-35-27/h4-5,8-9,11-13,15-16,22H,6-7,10,14,17-18H2,1-3H3/t22-/m1/s1. The van der Waals surface area contributed by atoms with Gasteiger partial charge in [-0.25, -0.2) is 15.0 Å². The summed E-state index contributed by atoms with van der Waals surface area (Å²) in [7, 11) is 5.39. The van der Waals surface area contributed by atoms with Gasteiger partial charge in [-0.3, -0.25) is 4.90 Å². The van der Waals surface area contributed by atoms with Gasteiger partial charge in [-0.1, -0.05) is 24.6 Å². The molecule has 0 aliphatic carbocycles. The summed E-state index contributed by atoms with van der Waals surface area (Å²) in [4.78, 5) is 19.3. The number of aromatic nitrogens is 3. The molecule has 0 bridgehead atoms. The minimum atomic E-state index is 0.340. The van der Waals surface area contributed by atoms with Crippen LogP contribution in [0.15, 0.2) is 54.0 Å². The first kappa shape index (κ1) is 23.5. The summed E-state index contributed by atoms with van der Waals surface area (Å²) in [5, 5.41) is 4.31. The Bertz CT molecular complexity index is 1280. The van der Waals surface area contributed by atoms with E-state index < -0.39 is 0 Å². The number of ether oxygens (including phenoxy) is 2. The Morgan fingerprint density at radius 2 is 1.91 bits per heavy atom. The number of nitrogens with zero attached hydrogens (tertiary/aromatic N) is 5. The molecule has 182 valence electrons. The molecule has 1 fully saturated rings. The predicted octanol–water partition coefficient (Wildman–Crippen LogP) is 5.47. The molecule has 7 nitrogen and oxygen atoms in total. The van der Waals surface area contributed by atoms with Crippen molar-refractivity contribution in [2.45, 2.75) is 38.4 Å². The molecule has 8 heteroatoms. The zero-order valence-electron chi connectivity index (χ0n) is 20.5. The van der Waals surface area contributed by atoms with Crippen LogP contribution < -0.4 is 14.4 Å². The predicted molar refractivity (Wildman–Crippen MR) is 140 cm³/mol. The number of benzene rings is 2. The number of para-hydroxylation sites is 1. The number of piperidine rings is 1. The highest BCUT2D eigenvalue weighted by atomic mass is 32.1. The summed E-state index contributed by atoms with van der Waals surface area (Å²) in [6.45, 7) is 2.44. The number of likely N-dealkylation sites (tertiary alicyclic amines) is 1. The number of rotatable bonds is 8. The van der Waals surface area contributed by atoms with Crippen LogP contribution in [-0.2, 0) is 13.1 Å². The van der Waals surface area contributed by atoms with Crippen molar-refractivity contribution in [1.29, 1.82) is 0 Å². The van der Waals surface area contributed by atoms with Gasteiger partial charge in [0.05, 0.1) is 32.3 Å². The van der Waals surface area contributed by atoms with Gasteiger partial charge in [-0.15, -0.1) is 11.3 Å². The van der Waals surface area contributed by atoms with Crippen molar-refractivity contribution in [2.24, 2.45) is 0 Å². The third kappa shape index (κ3) is 5.09. The lowest BCUT2D eigenvalue weighted by molar-refractivity contribution is 0.137. The van der Waals surface area contributed by atoms with E-state index in [1.807, 2.05) is 30.5 Å². The first-order valence-corrected chi connectivity index (χ1v) is 12.9. The van der Waals surface area contributed by atoms with Crippen molar-refractivity contribution < 1.29 is 9.47 Å². The van der Waals surface area contributed by atoms with E-state index in [0.29, 0.717) is 19.1 Å². The summed E-state index contributed by atoms with van der Waals surface area (Å²) >= 11 is 1.74. The van der Waals surface area contributed by atoms with Crippen molar-refractivity contribution in [3.8, 4) is 11.5 Å². The highest BCUT2D eigenvalue weighted by Gasteiger charge is 2.27. The molecule has 1 saturated heterocycles. The summed E-state index contributed by atoms with van der Waals surface area (Å²) in [6, 6.07) is 14.6. The van der Waals surface area contributed by atoms with Gasteiger partial charge in [-0.2, -0.15) is 0 Å². The second-order valence-electron chi connectivity index (χ2n) is 8.88. The van der Waals surface area contributed by atoms with Gasteiger partial charge < -0.3 is 14.4 Å². The van der Waals surface area contributed by atoms with Gasteiger partial charge in [0.25, 0.3) is 0 Å². The van der Waals surface area contributed by atoms with Crippen LogP contribution in [0, 0.1) is 0 Å². The van der Waals surface area contributed by atoms with E-state index in [1.54, 1.807) is 25.6 Å². The average molecular weight is 490 g/mol. The number of fused-ring (bicyclic) bond motifs is 1. The highest BCUT2D eigenvalue weighted by Crippen LogP contribution is 2.34. The maximum absolute atomic E-state index is 5.50. The zero-order valence-corrected chi connectivity index (χ0v) is 21.3. The normalized spacial score (nSPS) is 16.4. The molecule has 5 rings (SSSR count). The third-order valence-electron chi connectivity index (χ3n) is 6.55.